The molecule has 1 saturated heterocycles. The first-order valence-electron chi connectivity index (χ1n) is 5.86. The molecular weight excluding hydrogens is 236 g/mol. The van der Waals surface area contributed by atoms with Gasteiger partial charge in [-0.2, -0.15) is 0 Å². The Morgan fingerprint density at radius 3 is 2.78 bits per heavy atom. The summed E-state index contributed by atoms with van der Waals surface area (Å²) in [6.45, 7) is 2.90. The van der Waals surface area contributed by atoms with E-state index in [1.165, 1.54) is 0 Å². The van der Waals surface area contributed by atoms with Gasteiger partial charge in [-0.05, 0) is 18.2 Å². The molecule has 1 fully saturated rings. The van der Waals surface area contributed by atoms with Crippen molar-refractivity contribution < 1.29 is 19.0 Å². The maximum atomic E-state index is 12.0. The summed E-state index contributed by atoms with van der Waals surface area (Å²) in [5, 5.41) is 1.86. The van der Waals surface area contributed by atoms with Crippen LogP contribution in [0, 0.1) is 0 Å². The minimum Gasteiger partial charge on any atom is -0.454 e. The standard InChI is InChI=1S/C12H14N2O4/c15-12(13-14-3-5-16-6-4-14)9-1-2-10-11(7-9)18-8-17-10/h1-2,7H,3-6,8H2,(H,13,15). The zero-order chi connectivity index (χ0) is 12.4. The van der Waals surface area contributed by atoms with E-state index in [4.69, 9.17) is 14.2 Å². The molecule has 3 rings (SSSR count). The lowest BCUT2D eigenvalue weighted by atomic mass is 10.2. The van der Waals surface area contributed by atoms with Gasteiger partial charge >= 0.3 is 0 Å². The molecule has 0 bridgehead atoms. The quantitative estimate of drug-likeness (QED) is 0.823. The molecule has 0 aromatic heterocycles. The molecule has 1 N–H and O–H groups in total. The van der Waals surface area contributed by atoms with Crippen molar-refractivity contribution in [3.8, 4) is 11.5 Å². The monoisotopic (exact) mass is 250 g/mol. The van der Waals surface area contributed by atoms with E-state index in [0.717, 1.165) is 0 Å². The number of carbonyl (C=O) groups is 1. The topological polar surface area (TPSA) is 60.0 Å². The van der Waals surface area contributed by atoms with E-state index in [9.17, 15) is 4.79 Å². The molecular formula is C12H14N2O4. The second-order valence-electron chi connectivity index (χ2n) is 4.11. The molecule has 2 aliphatic heterocycles. The van der Waals surface area contributed by atoms with Gasteiger partial charge in [-0.15, -0.1) is 0 Å². The van der Waals surface area contributed by atoms with Gasteiger partial charge in [0.25, 0.3) is 5.91 Å². The van der Waals surface area contributed by atoms with Gasteiger partial charge in [-0.25, -0.2) is 5.01 Å². The third kappa shape index (κ3) is 2.25. The summed E-state index contributed by atoms with van der Waals surface area (Å²) in [4.78, 5) is 12.0. The fourth-order valence-electron chi connectivity index (χ4n) is 1.92. The van der Waals surface area contributed by atoms with Crippen molar-refractivity contribution in [3.63, 3.8) is 0 Å². The van der Waals surface area contributed by atoms with Crippen LogP contribution < -0.4 is 14.9 Å². The number of hydrogen-bond acceptors (Lipinski definition) is 5. The molecule has 6 nitrogen and oxygen atoms in total. The lowest BCUT2D eigenvalue weighted by Gasteiger charge is -2.26. The minimum absolute atomic E-state index is 0.143. The summed E-state index contributed by atoms with van der Waals surface area (Å²) in [6, 6.07) is 5.16. The first-order chi connectivity index (χ1) is 8.83. The van der Waals surface area contributed by atoms with E-state index in [2.05, 4.69) is 5.43 Å². The van der Waals surface area contributed by atoms with Crippen LogP contribution in [0.5, 0.6) is 11.5 Å². The number of fused-ring (bicyclic) bond motifs is 1. The molecule has 6 heteroatoms. The van der Waals surface area contributed by atoms with Gasteiger partial charge in [0.15, 0.2) is 11.5 Å². The van der Waals surface area contributed by atoms with Gasteiger partial charge in [-0.3, -0.25) is 10.2 Å². The maximum absolute atomic E-state index is 12.0. The number of hydrogen-bond donors (Lipinski definition) is 1. The number of rotatable bonds is 2. The van der Waals surface area contributed by atoms with Crippen LogP contribution in [0.25, 0.3) is 0 Å². The Labute approximate surface area is 104 Å². The highest BCUT2D eigenvalue weighted by Gasteiger charge is 2.18. The molecule has 1 amide bonds. The van der Waals surface area contributed by atoms with E-state index in [1.807, 2.05) is 5.01 Å². The predicted molar refractivity (Wildman–Crippen MR) is 62.4 cm³/mol. The highest BCUT2D eigenvalue weighted by Crippen LogP contribution is 2.32. The van der Waals surface area contributed by atoms with Gasteiger partial charge in [0.1, 0.15) is 0 Å². The Balaban J connectivity index is 1.68. The van der Waals surface area contributed by atoms with Gasteiger partial charge in [-0.1, -0.05) is 0 Å². The highest BCUT2D eigenvalue weighted by molar-refractivity contribution is 5.94. The summed E-state index contributed by atoms with van der Waals surface area (Å²) >= 11 is 0. The fourth-order valence-corrected chi connectivity index (χ4v) is 1.92. The molecule has 2 aliphatic rings. The predicted octanol–water partition coefficient (Wildman–Crippen LogP) is 0.392. The maximum Gasteiger partial charge on any atom is 0.265 e. The molecule has 0 atom stereocenters. The van der Waals surface area contributed by atoms with Crippen molar-refractivity contribution >= 4 is 5.91 Å². The lowest BCUT2D eigenvalue weighted by Crippen LogP contribution is -2.48. The van der Waals surface area contributed by atoms with Crippen molar-refractivity contribution in [2.24, 2.45) is 0 Å². The van der Waals surface area contributed by atoms with Crippen LogP contribution in [0.1, 0.15) is 10.4 Å². The molecule has 96 valence electrons. The fraction of sp³-hybridized carbons (Fsp3) is 0.417. The van der Waals surface area contributed by atoms with Crippen molar-refractivity contribution in [2.75, 3.05) is 33.1 Å². The molecule has 0 unspecified atom stereocenters. The van der Waals surface area contributed by atoms with E-state index >= 15 is 0 Å². The van der Waals surface area contributed by atoms with Crippen molar-refractivity contribution in [1.82, 2.24) is 10.4 Å². The molecule has 1 aromatic carbocycles. The molecule has 0 spiro atoms. The Bertz CT molecular complexity index is 457. The number of nitrogens with zero attached hydrogens (tertiary/aromatic N) is 1. The molecule has 2 heterocycles. The molecule has 1 aromatic rings. The highest BCUT2D eigenvalue weighted by atomic mass is 16.7. The van der Waals surface area contributed by atoms with Crippen LogP contribution in [0.2, 0.25) is 0 Å². The zero-order valence-electron chi connectivity index (χ0n) is 9.85. The summed E-state index contributed by atoms with van der Waals surface area (Å²) in [7, 11) is 0. The average molecular weight is 250 g/mol. The largest absolute Gasteiger partial charge is 0.454 e. The smallest absolute Gasteiger partial charge is 0.265 e. The Hall–Kier alpha value is -1.79. The summed E-state index contributed by atoms with van der Waals surface area (Å²) in [5.41, 5.74) is 3.41. The van der Waals surface area contributed by atoms with E-state index in [1.54, 1.807) is 18.2 Å². The lowest BCUT2D eigenvalue weighted by molar-refractivity contribution is 0.0126. The average Bonchev–Trinajstić information content (AvgIpc) is 2.87. The van der Waals surface area contributed by atoms with Crippen LogP contribution in [-0.4, -0.2) is 44.0 Å². The Morgan fingerprint density at radius 1 is 1.17 bits per heavy atom. The van der Waals surface area contributed by atoms with Crippen molar-refractivity contribution in [2.45, 2.75) is 0 Å². The second-order valence-corrected chi connectivity index (χ2v) is 4.11. The zero-order valence-corrected chi connectivity index (χ0v) is 9.85. The molecule has 0 radical (unpaired) electrons. The number of morpholine rings is 1. The van der Waals surface area contributed by atoms with Crippen molar-refractivity contribution in [1.29, 1.82) is 0 Å². The van der Waals surface area contributed by atoms with Crippen LogP contribution in [0.4, 0.5) is 0 Å². The molecule has 0 saturated carbocycles. The van der Waals surface area contributed by atoms with Gasteiger partial charge < -0.3 is 14.2 Å². The normalized spacial score (nSPS) is 18.7. The SMILES string of the molecule is O=C(NN1CCOCC1)c1ccc2c(c1)OCO2. The van der Waals surface area contributed by atoms with Gasteiger partial charge in [0, 0.05) is 18.7 Å². The van der Waals surface area contributed by atoms with E-state index in [0.29, 0.717) is 43.4 Å². The second kappa shape index (κ2) is 4.83. The van der Waals surface area contributed by atoms with Crippen LogP contribution in [0.15, 0.2) is 18.2 Å². The first kappa shape index (κ1) is 11.3. The number of amides is 1. The number of carbonyl (C=O) groups excluding carboxylic acids is 1. The number of ether oxygens (including phenoxy) is 3. The molecule has 0 aliphatic carbocycles. The number of benzene rings is 1. The van der Waals surface area contributed by atoms with Gasteiger partial charge in [0.05, 0.1) is 13.2 Å². The van der Waals surface area contributed by atoms with Crippen LogP contribution >= 0.6 is 0 Å². The Morgan fingerprint density at radius 2 is 1.94 bits per heavy atom. The van der Waals surface area contributed by atoms with Crippen LogP contribution in [-0.2, 0) is 4.74 Å². The Kier molecular flexibility index (Phi) is 3.04. The first-order valence-corrected chi connectivity index (χ1v) is 5.86. The number of nitrogens with one attached hydrogen (secondary N) is 1. The van der Waals surface area contributed by atoms with Gasteiger partial charge in [0.2, 0.25) is 6.79 Å². The van der Waals surface area contributed by atoms with E-state index in [-0.39, 0.29) is 12.7 Å². The summed E-state index contributed by atoms with van der Waals surface area (Å²) < 4.78 is 15.7. The number of hydrazine groups is 1. The third-order valence-electron chi connectivity index (χ3n) is 2.91. The van der Waals surface area contributed by atoms with E-state index < -0.39 is 0 Å². The van der Waals surface area contributed by atoms with Crippen LogP contribution in [0.3, 0.4) is 0 Å². The summed E-state index contributed by atoms with van der Waals surface area (Å²) in [5.74, 6) is 1.15. The minimum atomic E-state index is -0.143. The van der Waals surface area contributed by atoms with Crippen molar-refractivity contribution in [3.05, 3.63) is 23.8 Å². The molecule has 18 heavy (non-hydrogen) atoms. The summed E-state index contributed by atoms with van der Waals surface area (Å²) in [6.07, 6.45) is 0. The third-order valence-corrected chi connectivity index (χ3v) is 2.91.